The molecule has 3 rings (SSSR count). The van der Waals surface area contributed by atoms with Gasteiger partial charge in [-0.1, -0.05) is 78.8 Å². The van der Waals surface area contributed by atoms with Crippen molar-refractivity contribution in [1.29, 1.82) is 0 Å². The van der Waals surface area contributed by atoms with Crippen LogP contribution in [-0.4, -0.2) is 48.8 Å². The molecule has 8 heteroatoms. The SMILES string of the molecule is C=CCO[C@H]1[C@H](OCc2ccccc2)[C@@H](N=[N+]=[N-])[C@H](SCCC)O[C@@H]1COCc1ccccc1. The van der Waals surface area contributed by atoms with Crippen molar-refractivity contribution in [2.24, 2.45) is 5.11 Å². The minimum Gasteiger partial charge on any atom is -0.374 e. The molecule has 0 saturated carbocycles. The second-order valence-corrected chi connectivity index (χ2v) is 9.16. The summed E-state index contributed by atoms with van der Waals surface area (Å²) < 4.78 is 25.0. The molecule has 182 valence electrons. The zero-order valence-corrected chi connectivity index (χ0v) is 20.4. The highest BCUT2D eigenvalue weighted by Gasteiger charge is 2.47. The van der Waals surface area contributed by atoms with Crippen molar-refractivity contribution in [3.05, 3.63) is 94.9 Å². The van der Waals surface area contributed by atoms with E-state index in [4.69, 9.17) is 18.9 Å². The second-order valence-electron chi connectivity index (χ2n) is 7.96. The summed E-state index contributed by atoms with van der Waals surface area (Å²) in [4.78, 5) is 3.11. The van der Waals surface area contributed by atoms with Gasteiger partial charge in [0.25, 0.3) is 0 Å². The van der Waals surface area contributed by atoms with Gasteiger partial charge >= 0.3 is 0 Å². The fraction of sp³-hybridized carbons (Fsp3) is 0.462. The van der Waals surface area contributed by atoms with E-state index in [1.807, 2.05) is 60.7 Å². The van der Waals surface area contributed by atoms with Gasteiger partial charge in [0.1, 0.15) is 23.7 Å². The lowest BCUT2D eigenvalue weighted by atomic mass is 9.98. The van der Waals surface area contributed by atoms with Gasteiger partial charge in [-0.15, -0.1) is 18.3 Å². The number of nitrogens with zero attached hydrogens (tertiary/aromatic N) is 3. The molecule has 7 nitrogen and oxygen atoms in total. The molecule has 0 radical (unpaired) electrons. The molecule has 0 amide bonds. The Balaban J connectivity index is 1.80. The summed E-state index contributed by atoms with van der Waals surface area (Å²) >= 11 is 1.63. The van der Waals surface area contributed by atoms with E-state index in [2.05, 4.69) is 23.5 Å². The van der Waals surface area contributed by atoms with Crippen LogP contribution in [0.15, 0.2) is 78.4 Å². The maximum Gasteiger partial charge on any atom is 0.114 e. The third-order valence-electron chi connectivity index (χ3n) is 5.37. The molecule has 0 bridgehead atoms. The Labute approximate surface area is 206 Å². The van der Waals surface area contributed by atoms with Gasteiger partial charge in [-0.3, -0.25) is 0 Å². The average Bonchev–Trinajstić information content (AvgIpc) is 2.88. The van der Waals surface area contributed by atoms with Crippen LogP contribution >= 0.6 is 11.8 Å². The lowest BCUT2D eigenvalue weighted by Crippen LogP contribution is -2.59. The number of azide groups is 1. The normalized spacial score (nSPS) is 24.3. The maximum absolute atomic E-state index is 9.32. The number of benzene rings is 2. The average molecular weight is 484 g/mol. The Bertz CT molecular complexity index is 895. The number of hydrogen-bond acceptors (Lipinski definition) is 6. The van der Waals surface area contributed by atoms with Crippen LogP contribution in [0.25, 0.3) is 10.4 Å². The van der Waals surface area contributed by atoms with Crippen LogP contribution in [0.2, 0.25) is 0 Å². The zero-order chi connectivity index (χ0) is 24.0. The molecule has 0 aliphatic carbocycles. The fourth-order valence-electron chi connectivity index (χ4n) is 3.79. The van der Waals surface area contributed by atoms with Gasteiger partial charge in [-0.25, -0.2) is 0 Å². The van der Waals surface area contributed by atoms with E-state index in [9.17, 15) is 5.53 Å². The highest BCUT2D eigenvalue weighted by molar-refractivity contribution is 7.99. The van der Waals surface area contributed by atoms with E-state index in [0.29, 0.717) is 26.4 Å². The molecule has 1 heterocycles. The molecule has 1 aliphatic heterocycles. The first-order valence-corrected chi connectivity index (χ1v) is 12.6. The third-order valence-corrected chi connectivity index (χ3v) is 6.73. The quantitative estimate of drug-likeness (QED) is 0.144. The number of hydrogen-bond donors (Lipinski definition) is 0. The van der Waals surface area contributed by atoms with E-state index in [0.717, 1.165) is 23.3 Å². The van der Waals surface area contributed by atoms with Crippen LogP contribution in [0.5, 0.6) is 0 Å². The molecule has 2 aromatic rings. The Morgan fingerprint density at radius 2 is 1.71 bits per heavy atom. The predicted molar refractivity (Wildman–Crippen MR) is 135 cm³/mol. The number of thioether (sulfide) groups is 1. The van der Waals surface area contributed by atoms with E-state index >= 15 is 0 Å². The van der Waals surface area contributed by atoms with Gasteiger partial charge in [0.2, 0.25) is 0 Å². The van der Waals surface area contributed by atoms with Crippen molar-refractivity contribution in [3.63, 3.8) is 0 Å². The van der Waals surface area contributed by atoms with Crippen LogP contribution in [-0.2, 0) is 32.2 Å². The largest absolute Gasteiger partial charge is 0.374 e. The molecule has 5 atom stereocenters. The molecule has 0 unspecified atom stereocenters. The van der Waals surface area contributed by atoms with Gasteiger partial charge in [0.05, 0.1) is 32.5 Å². The lowest BCUT2D eigenvalue weighted by Gasteiger charge is -2.44. The first-order chi connectivity index (χ1) is 16.8. The first kappa shape index (κ1) is 26.3. The molecular weight excluding hydrogens is 450 g/mol. The van der Waals surface area contributed by atoms with Crippen molar-refractivity contribution >= 4 is 11.8 Å². The van der Waals surface area contributed by atoms with Gasteiger partial charge in [0, 0.05) is 4.91 Å². The molecule has 0 spiro atoms. The molecular formula is C26H33N3O4S. The maximum atomic E-state index is 9.32. The first-order valence-electron chi connectivity index (χ1n) is 11.6. The Hall–Kier alpha value is -2.32. The van der Waals surface area contributed by atoms with Crippen LogP contribution in [0.1, 0.15) is 24.5 Å². The lowest BCUT2D eigenvalue weighted by molar-refractivity contribution is -0.204. The van der Waals surface area contributed by atoms with Gasteiger partial charge in [0.15, 0.2) is 0 Å². The summed E-state index contributed by atoms with van der Waals surface area (Å²) in [6.45, 7) is 7.38. The second kappa shape index (κ2) is 14.8. The van der Waals surface area contributed by atoms with Crippen molar-refractivity contribution in [2.75, 3.05) is 19.0 Å². The van der Waals surface area contributed by atoms with E-state index < -0.39 is 18.2 Å². The van der Waals surface area contributed by atoms with E-state index in [1.165, 1.54) is 0 Å². The number of ether oxygens (including phenoxy) is 4. The summed E-state index contributed by atoms with van der Waals surface area (Å²) in [5, 5.41) is 4.10. The minimum absolute atomic E-state index is 0.324. The molecule has 2 aromatic carbocycles. The molecule has 1 saturated heterocycles. The summed E-state index contributed by atoms with van der Waals surface area (Å²) in [6.07, 6.45) is 1.31. The number of rotatable bonds is 14. The standard InChI is InChI=1S/C26H33N3O4S/c1-3-15-31-24-22(19-30-17-20-11-7-5-8-12-20)33-26(34-16-4-2)23(28-29-27)25(24)32-18-21-13-9-6-10-14-21/h3,5-14,22-26H,1,4,15-19H2,2H3/t22-,23-,24-,25-,26+/m1/s1. The van der Waals surface area contributed by atoms with Gasteiger partial charge < -0.3 is 18.9 Å². The fourth-order valence-corrected chi connectivity index (χ4v) is 4.88. The van der Waals surface area contributed by atoms with Gasteiger partial charge in [-0.2, -0.15) is 0 Å². The summed E-state index contributed by atoms with van der Waals surface area (Å²) in [5.74, 6) is 0.878. The van der Waals surface area contributed by atoms with Crippen molar-refractivity contribution < 1.29 is 18.9 Å². The van der Waals surface area contributed by atoms with Crippen LogP contribution in [0.4, 0.5) is 0 Å². The zero-order valence-electron chi connectivity index (χ0n) is 19.6. The monoisotopic (exact) mass is 483 g/mol. The summed E-state index contributed by atoms with van der Waals surface area (Å²) in [7, 11) is 0. The smallest absolute Gasteiger partial charge is 0.114 e. The summed E-state index contributed by atoms with van der Waals surface area (Å²) in [5.41, 5.74) is 11.1. The topological polar surface area (TPSA) is 85.7 Å². The molecule has 34 heavy (non-hydrogen) atoms. The van der Waals surface area contributed by atoms with Crippen molar-refractivity contribution in [2.45, 2.75) is 56.3 Å². The third kappa shape index (κ3) is 7.87. The Kier molecular flexibility index (Phi) is 11.5. The molecule has 0 aromatic heterocycles. The van der Waals surface area contributed by atoms with Crippen LogP contribution in [0, 0.1) is 0 Å². The highest BCUT2D eigenvalue weighted by Crippen LogP contribution is 2.35. The predicted octanol–water partition coefficient (Wildman–Crippen LogP) is 5.91. The molecule has 0 N–H and O–H groups in total. The Morgan fingerprint density at radius 3 is 2.32 bits per heavy atom. The van der Waals surface area contributed by atoms with E-state index in [1.54, 1.807) is 17.8 Å². The van der Waals surface area contributed by atoms with Gasteiger partial charge in [-0.05, 0) is 28.8 Å². The Morgan fingerprint density at radius 1 is 1.03 bits per heavy atom. The van der Waals surface area contributed by atoms with E-state index in [-0.39, 0.29) is 11.5 Å². The van der Waals surface area contributed by atoms with Crippen molar-refractivity contribution in [1.82, 2.24) is 0 Å². The minimum atomic E-state index is -0.537. The molecule has 1 fully saturated rings. The van der Waals surface area contributed by atoms with Crippen molar-refractivity contribution in [3.8, 4) is 0 Å². The summed E-state index contributed by atoms with van der Waals surface area (Å²) in [6, 6.07) is 19.4. The molecule has 1 aliphatic rings. The highest BCUT2D eigenvalue weighted by atomic mass is 32.2. The van der Waals surface area contributed by atoms with Crippen LogP contribution < -0.4 is 0 Å². The van der Waals surface area contributed by atoms with Crippen LogP contribution in [0.3, 0.4) is 0 Å².